The van der Waals surface area contributed by atoms with Gasteiger partial charge in [0.1, 0.15) is 5.75 Å². The summed E-state index contributed by atoms with van der Waals surface area (Å²) in [6.07, 6.45) is -8.71. The van der Waals surface area contributed by atoms with Crippen LogP contribution in [-0.2, 0) is 14.3 Å². The van der Waals surface area contributed by atoms with Gasteiger partial charge in [-0.25, -0.2) is 30.7 Å². The van der Waals surface area contributed by atoms with Gasteiger partial charge in [0.25, 0.3) is 27.9 Å². The van der Waals surface area contributed by atoms with Gasteiger partial charge in [0.15, 0.2) is 0 Å². The maximum atomic E-state index is 13.5. The Balaban J connectivity index is 4.76. The normalized spacial score (nSPS) is 17.2. The molecular formula is C15H18F10O3S. The van der Waals surface area contributed by atoms with E-state index in [2.05, 4.69) is 4.18 Å². The molecule has 172 valence electrons. The Morgan fingerprint density at radius 1 is 0.759 bits per heavy atom. The average molecular weight is 468 g/mol. The molecule has 0 saturated heterocycles. The molecule has 0 aromatic rings. The largest absolute Gasteiger partial charge is 0.425 e. The summed E-state index contributed by atoms with van der Waals surface area (Å²) in [6, 6.07) is 0. The molecule has 29 heavy (non-hydrogen) atoms. The molecule has 1 atom stereocenters. The van der Waals surface area contributed by atoms with Crippen LogP contribution < -0.4 is 0 Å². The summed E-state index contributed by atoms with van der Waals surface area (Å²) in [4.78, 5) is 0. The lowest BCUT2D eigenvalue weighted by atomic mass is 10.1. The van der Waals surface area contributed by atoms with E-state index >= 15 is 0 Å². The van der Waals surface area contributed by atoms with Gasteiger partial charge in [0, 0.05) is 13.3 Å². The fourth-order valence-electron chi connectivity index (χ4n) is 1.54. The quantitative estimate of drug-likeness (QED) is 0.176. The van der Waals surface area contributed by atoms with Gasteiger partial charge in [-0.2, -0.15) is 21.6 Å². The van der Waals surface area contributed by atoms with E-state index in [-0.39, 0.29) is 19.1 Å². The molecule has 0 aromatic heterocycles. The molecule has 0 rings (SSSR count). The molecule has 0 heterocycles. The van der Waals surface area contributed by atoms with E-state index in [4.69, 9.17) is 0 Å². The summed E-state index contributed by atoms with van der Waals surface area (Å²) in [6.45, 7) is -0.727. The predicted molar refractivity (Wildman–Crippen MR) is 83.3 cm³/mol. The first-order chi connectivity index (χ1) is 12.6. The second-order valence-electron chi connectivity index (χ2n) is 6.35. The van der Waals surface area contributed by atoms with Gasteiger partial charge in [-0.05, 0) is 37.6 Å². The van der Waals surface area contributed by atoms with E-state index in [9.17, 15) is 52.3 Å². The lowest BCUT2D eigenvalue weighted by molar-refractivity contribution is -0.205. The maximum absolute atomic E-state index is 13.5. The van der Waals surface area contributed by atoms with E-state index in [1.807, 2.05) is 0 Å². The van der Waals surface area contributed by atoms with E-state index in [0.29, 0.717) is 6.92 Å². The fourth-order valence-corrected chi connectivity index (χ4v) is 2.57. The molecule has 0 aliphatic heterocycles. The molecule has 0 radical (unpaired) electrons. The molecule has 0 aliphatic rings. The molecule has 0 amide bonds. The van der Waals surface area contributed by atoms with Crippen molar-refractivity contribution in [1.82, 2.24) is 0 Å². The number of halogens is 10. The maximum Gasteiger partial charge on any atom is 0.425 e. The summed E-state index contributed by atoms with van der Waals surface area (Å²) < 4.78 is 155. The zero-order chi connectivity index (χ0) is 23.4. The highest BCUT2D eigenvalue weighted by Gasteiger charge is 2.51. The van der Waals surface area contributed by atoms with Crippen molar-refractivity contribution < 1.29 is 56.5 Å². The highest BCUT2D eigenvalue weighted by Crippen LogP contribution is 2.36. The molecule has 14 heteroatoms. The molecular weight excluding hydrogens is 450 g/mol. The second-order valence-corrected chi connectivity index (χ2v) is 7.99. The standard InChI is InChI=1S/C15H18F10O3S/c1-11(16,15(23,24)25)5-7-14(21,22)10-29(26,27)28-9-3-4-13(19,20)8-6-12(2,17)18/h5-8H,3-4,9-10H2,1-2H3/b7-5+,8-6-. The molecule has 0 fully saturated rings. The van der Waals surface area contributed by atoms with Crippen LogP contribution in [0.1, 0.15) is 26.7 Å². The van der Waals surface area contributed by atoms with Crippen molar-refractivity contribution >= 4 is 10.1 Å². The minimum Gasteiger partial charge on any atom is -0.270 e. The van der Waals surface area contributed by atoms with Crippen molar-refractivity contribution in [2.75, 3.05) is 12.4 Å². The molecule has 3 nitrogen and oxygen atoms in total. The highest BCUT2D eigenvalue weighted by atomic mass is 32.2. The lowest BCUT2D eigenvalue weighted by Gasteiger charge is -2.20. The molecule has 1 unspecified atom stereocenters. The smallest absolute Gasteiger partial charge is 0.270 e. The monoisotopic (exact) mass is 468 g/mol. The highest BCUT2D eigenvalue weighted by molar-refractivity contribution is 7.86. The molecule has 0 aliphatic carbocycles. The summed E-state index contributed by atoms with van der Waals surface area (Å²) >= 11 is 0. The minimum absolute atomic E-state index is 0.0619. The zero-order valence-corrected chi connectivity index (χ0v) is 15.9. The van der Waals surface area contributed by atoms with Gasteiger partial charge in [0.2, 0.25) is 5.67 Å². The summed E-state index contributed by atoms with van der Waals surface area (Å²) in [5.41, 5.74) is -4.14. The Labute approximate surface area is 160 Å². The fraction of sp³-hybridized carbons (Fsp3) is 0.733. The van der Waals surface area contributed by atoms with Gasteiger partial charge in [-0.3, -0.25) is 4.18 Å². The van der Waals surface area contributed by atoms with Crippen LogP contribution in [0, 0.1) is 0 Å². The third-order valence-electron chi connectivity index (χ3n) is 3.10. The van der Waals surface area contributed by atoms with Gasteiger partial charge < -0.3 is 0 Å². The van der Waals surface area contributed by atoms with E-state index < -0.39 is 77.1 Å². The number of hydrogen-bond acceptors (Lipinski definition) is 3. The van der Waals surface area contributed by atoms with Crippen LogP contribution in [0.4, 0.5) is 43.9 Å². The van der Waals surface area contributed by atoms with Crippen molar-refractivity contribution in [2.45, 2.75) is 56.3 Å². The van der Waals surface area contributed by atoms with Crippen LogP contribution in [-0.4, -0.2) is 50.4 Å². The molecule has 0 bridgehead atoms. The first-order valence-corrected chi connectivity index (χ1v) is 9.32. The SMILES string of the molecule is CC(F)(F)/C=C\C(F)(F)CCCOS(=O)(=O)CC(F)(F)/C=C/C(C)(F)C(F)(F)F. The first-order valence-electron chi connectivity index (χ1n) is 7.75. The van der Waals surface area contributed by atoms with Crippen molar-refractivity contribution in [3.05, 3.63) is 24.3 Å². The second kappa shape index (κ2) is 9.23. The Hall–Kier alpha value is -1.31. The molecule has 0 N–H and O–H groups in total. The van der Waals surface area contributed by atoms with E-state index in [1.54, 1.807) is 0 Å². The summed E-state index contributed by atoms with van der Waals surface area (Å²) in [7, 11) is -5.08. The van der Waals surface area contributed by atoms with Crippen LogP contribution in [0.25, 0.3) is 0 Å². The van der Waals surface area contributed by atoms with E-state index in [0.717, 1.165) is 0 Å². The molecule has 0 saturated carbocycles. The van der Waals surface area contributed by atoms with Gasteiger partial charge in [-0.1, -0.05) is 0 Å². The Bertz CT molecular complexity index is 688. The summed E-state index contributed by atoms with van der Waals surface area (Å²) in [5, 5.41) is 0. The zero-order valence-electron chi connectivity index (χ0n) is 15.1. The van der Waals surface area contributed by atoms with Gasteiger partial charge in [0.05, 0.1) is 6.61 Å². The van der Waals surface area contributed by atoms with E-state index in [1.165, 1.54) is 0 Å². The van der Waals surface area contributed by atoms with Crippen LogP contribution in [0.2, 0.25) is 0 Å². The minimum atomic E-state index is -5.52. The Morgan fingerprint density at radius 3 is 1.69 bits per heavy atom. The van der Waals surface area contributed by atoms with Crippen molar-refractivity contribution in [3.8, 4) is 0 Å². The summed E-state index contributed by atoms with van der Waals surface area (Å²) in [5.74, 6) is -13.9. The average Bonchev–Trinajstić information content (AvgIpc) is 2.45. The Morgan fingerprint density at radius 2 is 1.24 bits per heavy atom. The third kappa shape index (κ3) is 12.1. The number of allylic oxidation sites excluding steroid dienone is 4. The number of alkyl halides is 10. The molecule has 0 spiro atoms. The van der Waals surface area contributed by atoms with Crippen LogP contribution in [0.3, 0.4) is 0 Å². The van der Waals surface area contributed by atoms with Crippen LogP contribution in [0.15, 0.2) is 24.3 Å². The van der Waals surface area contributed by atoms with Crippen molar-refractivity contribution in [2.24, 2.45) is 0 Å². The number of rotatable bonds is 11. The third-order valence-corrected chi connectivity index (χ3v) is 4.37. The first kappa shape index (κ1) is 27.7. The van der Waals surface area contributed by atoms with Gasteiger partial charge >= 0.3 is 6.18 Å². The van der Waals surface area contributed by atoms with Crippen molar-refractivity contribution in [1.29, 1.82) is 0 Å². The molecule has 0 aromatic carbocycles. The van der Waals surface area contributed by atoms with Crippen LogP contribution in [0.5, 0.6) is 0 Å². The topological polar surface area (TPSA) is 43.4 Å². The Kier molecular flexibility index (Phi) is 8.81. The van der Waals surface area contributed by atoms with Gasteiger partial charge in [-0.15, -0.1) is 0 Å². The van der Waals surface area contributed by atoms with Crippen molar-refractivity contribution in [3.63, 3.8) is 0 Å². The van der Waals surface area contributed by atoms with Crippen LogP contribution >= 0.6 is 0 Å². The number of hydrogen-bond donors (Lipinski definition) is 0. The lowest BCUT2D eigenvalue weighted by Crippen LogP contribution is -2.36. The predicted octanol–water partition coefficient (Wildman–Crippen LogP) is 5.44.